The maximum Gasteiger partial charge on any atom is 0.243 e. The number of carbonyl (C=O) groups is 12. The number of hydrogen-bond acceptors (Lipinski definition) is 15. The van der Waals surface area contributed by atoms with Crippen molar-refractivity contribution in [3.05, 3.63) is 65.2 Å². The number of thioether (sulfide) groups is 1. The molecular formula is C65H94N12O13S. The number of aromatic amines is 1. The summed E-state index contributed by atoms with van der Waals surface area (Å²) in [4.78, 5) is 172. The van der Waals surface area contributed by atoms with Crippen LogP contribution in [0.4, 0.5) is 0 Å². The van der Waals surface area contributed by atoms with Crippen molar-refractivity contribution in [3.63, 3.8) is 0 Å². The zero-order valence-electron chi connectivity index (χ0n) is 53.1. The van der Waals surface area contributed by atoms with Gasteiger partial charge >= 0.3 is 0 Å². The van der Waals surface area contributed by atoms with Crippen LogP contribution in [-0.4, -0.2) is 166 Å². The van der Waals surface area contributed by atoms with Crippen molar-refractivity contribution in [3.8, 4) is 0 Å². The van der Waals surface area contributed by atoms with E-state index in [1.165, 1.54) is 0 Å². The van der Waals surface area contributed by atoms with Crippen LogP contribution in [0.25, 0.3) is 10.9 Å². The Bertz CT molecular complexity index is 3070. The number of aromatic nitrogens is 1. The number of fused-ring (bicyclic) bond motifs is 5. The molecule has 4 heterocycles. The molecule has 26 heteroatoms. The Balaban J connectivity index is 1.32. The van der Waals surface area contributed by atoms with Gasteiger partial charge in [-0.25, -0.2) is 0 Å². The third-order valence-electron chi connectivity index (χ3n) is 17.4. The number of nitrogens with one attached hydrogen (secondary N) is 9. The highest BCUT2D eigenvalue weighted by Crippen LogP contribution is 2.34. The molecule has 1 unspecified atom stereocenters. The van der Waals surface area contributed by atoms with Gasteiger partial charge in [-0.05, 0) is 92.1 Å². The first-order valence-corrected chi connectivity index (χ1v) is 33.1. The van der Waals surface area contributed by atoms with E-state index in [0.29, 0.717) is 91.4 Å². The number of aliphatic hydroxyl groups excluding tert-OH is 1. The SMILES string of the molecule is CCCC(=O)N[C@@H](CC[C@H](CCCCN)C(=O)NCCCC(=O)Cc1ccc2[nH]c3c(c2c1)C[C@H]1NC(=O)[C@H](C(C)CC)NC(=O)[C@@H]2C[C@@H](O)CN2C(=O)[C@H](CC(N)=O)CC(=O)[C@H](CS3)NC(=O)CNC(=O)[C@H]([C@@H](C)CC)NC(=O)CNC1=O)Cc1ccccc1. The van der Waals surface area contributed by atoms with E-state index in [1.54, 1.807) is 45.9 Å². The molecule has 91 heavy (non-hydrogen) atoms. The van der Waals surface area contributed by atoms with E-state index in [2.05, 4.69) is 47.5 Å². The van der Waals surface area contributed by atoms with Crippen LogP contribution >= 0.6 is 11.8 Å². The van der Waals surface area contributed by atoms with Crippen LogP contribution in [0.15, 0.2) is 53.6 Å². The van der Waals surface area contributed by atoms with Crippen LogP contribution in [0.5, 0.6) is 0 Å². The molecule has 14 N–H and O–H groups in total. The normalized spacial score (nSPS) is 23.0. The number of aliphatic hydroxyl groups is 1. The second kappa shape index (κ2) is 35.8. The molecule has 3 aromatic rings. The molecule has 498 valence electrons. The summed E-state index contributed by atoms with van der Waals surface area (Å²) in [5, 5.41) is 34.0. The minimum Gasteiger partial charge on any atom is -0.391 e. The number of H-pyrrole nitrogens is 1. The van der Waals surface area contributed by atoms with Crippen LogP contribution in [0.2, 0.25) is 0 Å². The minimum absolute atomic E-state index is 0.0330. The second-order valence-electron chi connectivity index (χ2n) is 24.6. The molecule has 0 saturated carbocycles. The highest BCUT2D eigenvalue weighted by Gasteiger charge is 2.44. The first kappa shape index (κ1) is 72.4. The number of amides is 10. The van der Waals surface area contributed by atoms with Gasteiger partial charge in [-0.15, -0.1) is 11.8 Å². The lowest BCUT2D eigenvalue weighted by molar-refractivity contribution is -0.145. The van der Waals surface area contributed by atoms with Crippen molar-refractivity contribution >= 4 is 93.3 Å². The van der Waals surface area contributed by atoms with E-state index in [9.17, 15) is 62.6 Å². The molecule has 2 aromatic carbocycles. The van der Waals surface area contributed by atoms with Crippen LogP contribution in [0.3, 0.4) is 0 Å². The van der Waals surface area contributed by atoms with E-state index in [-0.39, 0.29) is 74.1 Å². The maximum absolute atomic E-state index is 14.8. The first-order valence-electron chi connectivity index (χ1n) is 32.2. The highest BCUT2D eigenvalue weighted by molar-refractivity contribution is 7.99. The summed E-state index contributed by atoms with van der Waals surface area (Å²) >= 11 is 1.05. The third-order valence-corrected chi connectivity index (χ3v) is 18.5. The molecule has 1 aromatic heterocycles. The highest BCUT2D eigenvalue weighted by atomic mass is 32.2. The minimum atomic E-state index is -1.49. The van der Waals surface area contributed by atoms with Gasteiger partial charge in [0.05, 0.1) is 36.2 Å². The molecule has 3 aliphatic rings. The summed E-state index contributed by atoms with van der Waals surface area (Å²) in [6, 6.07) is 8.15. The van der Waals surface area contributed by atoms with Gasteiger partial charge in [-0.1, -0.05) is 90.3 Å². The van der Waals surface area contributed by atoms with E-state index >= 15 is 0 Å². The Morgan fingerprint density at radius 3 is 2.12 bits per heavy atom. The van der Waals surface area contributed by atoms with Gasteiger partial charge in [0.1, 0.15) is 30.0 Å². The van der Waals surface area contributed by atoms with Gasteiger partial charge in [0.15, 0.2) is 5.78 Å². The number of unbranched alkanes of at least 4 members (excludes halogenated alkanes) is 1. The number of rotatable bonds is 25. The number of hydrogen-bond donors (Lipinski definition) is 12. The van der Waals surface area contributed by atoms with Gasteiger partial charge in [0.2, 0.25) is 59.1 Å². The fourth-order valence-electron chi connectivity index (χ4n) is 11.8. The number of ketones is 2. The number of nitrogens with two attached hydrogens (primary N) is 2. The molecule has 11 atom stereocenters. The molecule has 0 aliphatic carbocycles. The molecule has 0 spiro atoms. The van der Waals surface area contributed by atoms with Crippen molar-refractivity contribution in [2.75, 3.05) is 38.5 Å². The van der Waals surface area contributed by atoms with E-state index in [0.717, 1.165) is 35.1 Å². The number of primary amides is 1. The molecule has 6 rings (SSSR count). The quantitative estimate of drug-likeness (QED) is 0.0536. The van der Waals surface area contributed by atoms with Crippen LogP contribution < -0.4 is 54.0 Å². The molecule has 3 aliphatic heterocycles. The number of Topliss-reactive ketones (excluding diaryl/α,β-unsaturated/α-hetero) is 2. The van der Waals surface area contributed by atoms with E-state index in [1.807, 2.05) is 37.3 Å². The fraction of sp³-hybridized carbons (Fsp3) is 0.600. The van der Waals surface area contributed by atoms with Crippen molar-refractivity contribution in [2.24, 2.45) is 35.1 Å². The fourth-order valence-corrected chi connectivity index (χ4v) is 13.0. The van der Waals surface area contributed by atoms with Gasteiger partial charge in [-0.2, -0.15) is 0 Å². The summed E-state index contributed by atoms with van der Waals surface area (Å²) in [5.74, 6) is -10.7. The standard InChI is InChI=1S/C65H94N12O13S/c1-6-15-54(82)71-43(26-39-16-10-9-11-17-39)22-21-41(18-12-13-24-66)59(85)68-25-14-19-44(78)27-40-20-23-48-46(28-40)47-32-49-60(86)69-34-56(84)75-57(37(4)7-2)62(88)70-33-55(83)72-50(36-91-64(47)74-48)52(80)29-42(30-53(67)81)65(90)77-35-45(79)31-51(77)61(87)76-58(38(5)8-3)63(89)73-49/h9-11,16-17,20,23,28,37-38,41-43,45,49-51,57-58,74,79H,6-8,12-15,18-19,21-22,24-27,29-36,66H2,1-5H3,(H2,67,81)(H,68,85)(H,69,86)(H,70,88)(H,71,82)(H,72,83)(H,73,89)(H,75,84)(H,76,87)/t37-,38?,41-,42-,43-,45+,49+,50-,51-,57-,58-/m0/s1. The summed E-state index contributed by atoms with van der Waals surface area (Å²) in [7, 11) is 0. The Labute approximate surface area is 536 Å². The second-order valence-corrected chi connectivity index (χ2v) is 25.6. The Hall–Kier alpha value is -7.71. The zero-order chi connectivity index (χ0) is 66.3. The first-order chi connectivity index (χ1) is 43.5. The topological polar surface area (TPSA) is 392 Å². The predicted molar refractivity (Wildman–Crippen MR) is 342 cm³/mol. The Morgan fingerprint density at radius 1 is 0.747 bits per heavy atom. The zero-order valence-corrected chi connectivity index (χ0v) is 53.9. The van der Waals surface area contributed by atoms with E-state index in [4.69, 9.17) is 11.5 Å². The van der Waals surface area contributed by atoms with E-state index < -0.39 is 133 Å². The molecular weight excluding hydrogens is 1190 g/mol. The van der Waals surface area contributed by atoms with Gasteiger partial charge in [0.25, 0.3) is 0 Å². The Kier molecular flexibility index (Phi) is 28.4. The summed E-state index contributed by atoms with van der Waals surface area (Å²) in [6.07, 6.45) is 3.08. The van der Waals surface area contributed by atoms with Crippen molar-refractivity contribution in [1.29, 1.82) is 0 Å². The summed E-state index contributed by atoms with van der Waals surface area (Å²) in [6.45, 7) is 7.99. The largest absolute Gasteiger partial charge is 0.391 e. The number of benzene rings is 2. The Morgan fingerprint density at radius 2 is 1.44 bits per heavy atom. The van der Waals surface area contributed by atoms with Crippen LogP contribution in [-0.2, 0) is 76.8 Å². The van der Waals surface area contributed by atoms with Crippen molar-refractivity contribution in [1.82, 2.24) is 52.4 Å². The lowest BCUT2D eigenvalue weighted by atomic mass is 9.91. The summed E-state index contributed by atoms with van der Waals surface area (Å²) < 4.78 is 0. The molecule has 25 nitrogen and oxygen atoms in total. The average molecular weight is 1280 g/mol. The molecule has 1 saturated heterocycles. The van der Waals surface area contributed by atoms with Gasteiger partial charge < -0.3 is 69.0 Å². The van der Waals surface area contributed by atoms with Gasteiger partial charge in [-0.3, -0.25) is 57.5 Å². The number of nitrogens with zero attached hydrogens (tertiary/aromatic N) is 1. The lowest BCUT2D eigenvalue weighted by Crippen LogP contribution is -2.59. The summed E-state index contributed by atoms with van der Waals surface area (Å²) in [5.41, 5.74) is 14.1. The molecule has 2 bridgehead atoms. The smallest absolute Gasteiger partial charge is 0.243 e. The predicted octanol–water partition coefficient (Wildman–Crippen LogP) is 1.57. The van der Waals surface area contributed by atoms with Crippen LogP contribution in [0.1, 0.15) is 141 Å². The maximum atomic E-state index is 14.8. The average Bonchev–Trinajstić information content (AvgIpc) is 1.93. The number of carbonyl (C=O) groups excluding carboxylic acids is 12. The van der Waals surface area contributed by atoms with Gasteiger partial charge in [0, 0.05) is 86.7 Å². The van der Waals surface area contributed by atoms with Crippen LogP contribution in [0, 0.1) is 23.7 Å². The lowest BCUT2D eigenvalue weighted by Gasteiger charge is -2.31. The van der Waals surface area contributed by atoms with Crippen molar-refractivity contribution in [2.45, 2.75) is 191 Å². The molecule has 0 radical (unpaired) electrons. The molecule has 1 fully saturated rings. The van der Waals surface area contributed by atoms with Crippen molar-refractivity contribution < 1.29 is 62.6 Å². The molecule has 10 amide bonds. The third kappa shape index (κ3) is 21.7. The monoisotopic (exact) mass is 1280 g/mol.